The Hall–Kier alpha value is -1.06. The number of rotatable bonds is 5. The smallest absolute Gasteiger partial charge is 0.119 e. The van der Waals surface area contributed by atoms with Gasteiger partial charge in [0.1, 0.15) is 5.75 Å². The maximum atomic E-state index is 5.67. The number of hydrogen-bond donors (Lipinski definition) is 1. The van der Waals surface area contributed by atoms with Gasteiger partial charge in [-0.3, -0.25) is 4.90 Å². The largest absolute Gasteiger partial charge is 0.491 e. The van der Waals surface area contributed by atoms with Gasteiger partial charge in [0.05, 0.1) is 6.10 Å². The summed E-state index contributed by atoms with van der Waals surface area (Å²) in [5, 5.41) is 3.32. The molecule has 2 rings (SSSR count). The van der Waals surface area contributed by atoms with Crippen LogP contribution in [0.2, 0.25) is 0 Å². The van der Waals surface area contributed by atoms with Gasteiger partial charge in [-0.1, -0.05) is 12.1 Å². The van der Waals surface area contributed by atoms with Gasteiger partial charge in [0.15, 0.2) is 0 Å². The molecule has 0 radical (unpaired) electrons. The Kier molecular flexibility index (Phi) is 4.25. The van der Waals surface area contributed by atoms with Gasteiger partial charge >= 0.3 is 0 Å². The molecule has 3 nitrogen and oxygen atoms in total. The van der Waals surface area contributed by atoms with Crippen molar-refractivity contribution in [2.75, 3.05) is 20.1 Å². The lowest BCUT2D eigenvalue weighted by Crippen LogP contribution is -2.56. The van der Waals surface area contributed by atoms with Crippen molar-refractivity contribution < 1.29 is 4.74 Å². The summed E-state index contributed by atoms with van der Waals surface area (Å²) < 4.78 is 5.67. The highest BCUT2D eigenvalue weighted by Crippen LogP contribution is 2.24. The Morgan fingerprint density at radius 2 is 1.78 bits per heavy atom. The molecule has 0 spiro atoms. The standard InChI is InChI=1S/C15H24N2O/c1-11(2)18-15-7-5-13(6-8-15)12(3)17(4)14-9-16-10-14/h5-8,11-12,14,16H,9-10H2,1-4H3. The maximum Gasteiger partial charge on any atom is 0.119 e. The SMILES string of the molecule is CC(C)Oc1ccc(C(C)N(C)C2CNC2)cc1. The number of benzene rings is 1. The Morgan fingerprint density at radius 1 is 1.17 bits per heavy atom. The van der Waals surface area contributed by atoms with Crippen LogP contribution in [-0.2, 0) is 0 Å². The van der Waals surface area contributed by atoms with Crippen LogP contribution in [-0.4, -0.2) is 37.2 Å². The van der Waals surface area contributed by atoms with E-state index < -0.39 is 0 Å². The monoisotopic (exact) mass is 248 g/mol. The minimum Gasteiger partial charge on any atom is -0.491 e. The summed E-state index contributed by atoms with van der Waals surface area (Å²) in [6.45, 7) is 8.57. The van der Waals surface area contributed by atoms with E-state index in [1.807, 2.05) is 13.8 Å². The number of likely N-dealkylation sites (N-methyl/N-ethyl adjacent to an activating group) is 1. The Bertz CT molecular complexity index is 371. The minimum atomic E-state index is 0.233. The van der Waals surface area contributed by atoms with Crippen molar-refractivity contribution in [1.29, 1.82) is 0 Å². The average molecular weight is 248 g/mol. The highest BCUT2D eigenvalue weighted by atomic mass is 16.5. The molecule has 0 aromatic heterocycles. The molecule has 1 atom stereocenters. The summed E-state index contributed by atoms with van der Waals surface area (Å²) in [4.78, 5) is 2.44. The van der Waals surface area contributed by atoms with Crippen LogP contribution in [0.25, 0.3) is 0 Å². The first-order valence-corrected chi connectivity index (χ1v) is 6.77. The van der Waals surface area contributed by atoms with Crippen molar-refractivity contribution >= 4 is 0 Å². The molecular weight excluding hydrogens is 224 g/mol. The van der Waals surface area contributed by atoms with E-state index in [0.717, 1.165) is 18.8 Å². The summed E-state index contributed by atoms with van der Waals surface area (Å²) in [6, 6.07) is 9.60. The lowest BCUT2D eigenvalue weighted by atomic mass is 10.0. The van der Waals surface area contributed by atoms with Crippen LogP contribution in [0.1, 0.15) is 32.4 Å². The van der Waals surface area contributed by atoms with Crippen molar-refractivity contribution in [1.82, 2.24) is 10.2 Å². The van der Waals surface area contributed by atoms with Gasteiger partial charge in [-0.05, 0) is 45.5 Å². The lowest BCUT2D eigenvalue weighted by Gasteiger charge is -2.39. The number of nitrogens with zero attached hydrogens (tertiary/aromatic N) is 1. The van der Waals surface area contributed by atoms with E-state index in [0.29, 0.717) is 12.1 Å². The second-order valence-electron chi connectivity index (χ2n) is 5.39. The molecule has 0 aliphatic carbocycles. The second-order valence-corrected chi connectivity index (χ2v) is 5.39. The zero-order chi connectivity index (χ0) is 13.1. The zero-order valence-corrected chi connectivity index (χ0v) is 11.8. The quantitative estimate of drug-likeness (QED) is 0.866. The first-order valence-electron chi connectivity index (χ1n) is 6.77. The van der Waals surface area contributed by atoms with Gasteiger partial charge in [0.2, 0.25) is 0 Å². The van der Waals surface area contributed by atoms with Crippen LogP contribution in [0.3, 0.4) is 0 Å². The number of ether oxygens (including phenoxy) is 1. The van der Waals surface area contributed by atoms with Crippen LogP contribution in [0.4, 0.5) is 0 Å². The molecular formula is C15H24N2O. The molecule has 1 aromatic carbocycles. The topological polar surface area (TPSA) is 24.5 Å². The Balaban J connectivity index is 1.99. The third kappa shape index (κ3) is 3.03. The summed E-state index contributed by atoms with van der Waals surface area (Å²) in [7, 11) is 2.20. The summed E-state index contributed by atoms with van der Waals surface area (Å²) in [6.07, 6.45) is 0.233. The molecule has 1 aliphatic rings. The molecule has 1 aromatic rings. The highest BCUT2D eigenvalue weighted by Gasteiger charge is 2.25. The van der Waals surface area contributed by atoms with Gasteiger partial charge in [0, 0.05) is 25.2 Å². The fraction of sp³-hybridized carbons (Fsp3) is 0.600. The van der Waals surface area contributed by atoms with Crippen molar-refractivity contribution in [2.24, 2.45) is 0 Å². The Morgan fingerprint density at radius 3 is 2.22 bits per heavy atom. The summed E-state index contributed by atoms with van der Waals surface area (Å²) >= 11 is 0. The highest BCUT2D eigenvalue weighted by molar-refractivity contribution is 5.29. The summed E-state index contributed by atoms with van der Waals surface area (Å²) in [5.74, 6) is 0.953. The van der Waals surface area contributed by atoms with E-state index in [9.17, 15) is 0 Å². The molecule has 0 bridgehead atoms. The lowest BCUT2D eigenvalue weighted by molar-refractivity contribution is 0.136. The summed E-state index contributed by atoms with van der Waals surface area (Å²) in [5.41, 5.74) is 1.35. The zero-order valence-electron chi connectivity index (χ0n) is 11.8. The number of nitrogens with one attached hydrogen (secondary N) is 1. The first kappa shape index (κ1) is 13.4. The van der Waals surface area contributed by atoms with Gasteiger partial charge in [-0.15, -0.1) is 0 Å². The van der Waals surface area contributed by atoms with Crippen molar-refractivity contribution in [3.05, 3.63) is 29.8 Å². The molecule has 1 fully saturated rings. The molecule has 18 heavy (non-hydrogen) atoms. The van der Waals surface area contributed by atoms with Crippen molar-refractivity contribution in [3.63, 3.8) is 0 Å². The predicted octanol–water partition coefficient (Wildman–Crippen LogP) is 2.44. The predicted molar refractivity (Wildman–Crippen MR) is 75.0 cm³/mol. The van der Waals surface area contributed by atoms with E-state index in [2.05, 4.69) is 48.5 Å². The third-order valence-electron chi connectivity index (χ3n) is 3.68. The minimum absolute atomic E-state index is 0.233. The molecule has 1 aliphatic heterocycles. The van der Waals surface area contributed by atoms with Crippen LogP contribution in [0.15, 0.2) is 24.3 Å². The molecule has 1 heterocycles. The molecule has 1 N–H and O–H groups in total. The van der Waals surface area contributed by atoms with Gasteiger partial charge in [0.25, 0.3) is 0 Å². The normalized spacial score (nSPS) is 17.9. The van der Waals surface area contributed by atoms with E-state index in [1.54, 1.807) is 0 Å². The van der Waals surface area contributed by atoms with Gasteiger partial charge in [-0.2, -0.15) is 0 Å². The van der Waals surface area contributed by atoms with Crippen LogP contribution in [0, 0.1) is 0 Å². The van der Waals surface area contributed by atoms with Gasteiger partial charge in [-0.25, -0.2) is 0 Å². The fourth-order valence-corrected chi connectivity index (χ4v) is 2.21. The maximum absolute atomic E-state index is 5.67. The van der Waals surface area contributed by atoms with E-state index in [1.165, 1.54) is 5.56 Å². The first-order chi connectivity index (χ1) is 8.58. The van der Waals surface area contributed by atoms with Crippen LogP contribution >= 0.6 is 0 Å². The second kappa shape index (κ2) is 5.72. The van der Waals surface area contributed by atoms with E-state index in [-0.39, 0.29) is 6.10 Å². The molecule has 0 amide bonds. The molecule has 1 unspecified atom stereocenters. The van der Waals surface area contributed by atoms with E-state index in [4.69, 9.17) is 4.74 Å². The van der Waals surface area contributed by atoms with Crippen molar-refractivity contribution in [3.8, 4) is 5.75 Å². The van der Waals surface area contributed by atoms with Crippen molar-refractivity contribution in [2.45, 2.75) is 39.0 Å². The number of hydrogen-bond acceptors (Lipinski definition) is 3. The van der Waals surface area contributed by atoms with E-state index >= 15 is 0 Å². The van der Waals surface area contributed by atoms with Crippen LogP contribution < -0.4 is 10.1 Å². The Labute approximate surface area is 110 Å². The molecule has 3 heteroatoms. The third-order valence-corrected chi connectivity index (χ3v) is 3.68. The molecule has 100 valence electrons. The fourth-order valence-electron chi connectivity index (χ4n) is 2.21. The average Bonchev–Trinajstić information content (AvgIpc) is 2.26. The van der Waals surface area contributed by atoms with Crippen LogP contribution in [0.5, 0.6) is 5.75 Å². The molecule has 0 saturated carbocycles. The van der Waals surface area contributed by atoms with Gasteiger partial charge < -0.3 is 10.1 Å². The molecule has 1 saturated heterocycles.